The predicted molar refractivity (Wildman–Crippen MR) is 118 cm³/mol. The minimum absolute atomic E-state index is 0.0745. The van der Waals surface area contributed by atoms with Gasteiger partial charge >= 0.3 is 5.97 Å². The number of amides is 1. The van der Waals surface area contributed by atoms with Crippen molar-refractivity contribution in [3.05, 3.63) is 53.1 Å². The smallest absolute Gasteiger partial charge is 0.344 e. The van der Waals surface area contributed by atoms with Crippen LogP contribution in [0.1, 0.15) is 19.4 Å². The lowest BCUT2D eigenvalue weighted by Gasteiger charge is -2.19. The van der Waals surface area contributed by atoms with E-state index in [1.807, 2.05) is 0 Å². The number of rotatable bonds is 10. The molecule has 1 N–H and O–H groups in total. The van der Waals surface area contributed by atoms with Crippen LogP contribution in [0.4, 0.5) is 5.69 Å². The van der Waals surface area contributed by atoms with Crippen LogP contribution < -0.4 is 10.1 Å². The van der Waals surface area contributed by atoms with Gasteiger partial charge in [0.15, 0.2) is 13.2 Å². The molecule has 0 saturated carbocycles. The summed E-state index contributed by atoms with van der Waals surface area (Å²) < 4.78 is 36.9. The van der Waals surface area contributed by atoms with Crippen LogP contribution in [0.25, 0.3) is 0 Å². The maximum absolute atomic E-state index is 12.7. The monoisotopic (exact) mass is 468 g/mol. The number of hydrogen-bond acceptors (Lipinski definition) is 6. The molecule has 0 radical (unpaired) electrons. The minimum Gasteiger partial charge on any atom is -0.482 e. The molecule has 0 aliphatic heterocycles. The number of hydrogen-bond donors (Lipinski definition) is 1. The first-order chi connectivity index (χ1) is 14.7. The topological polar surface area (TPSA) is 102 Å². The highest BCUT2D eigenvalue weighted by Crippen LogP contribution is 2.23. The van der Waals surface area contributed by atoms with Gasteiger partial charge in [0, 0.05) is 23.8 Å². The van der Waals surface area contributed by atoms with Crippen molar-refractivity contribution in [2.45, 2.75) is 25.7 Å². The molecule has 31 heavy (non-hydrogen) atoms. The van der Waals surface area contributed by atoms with E-state index in [0.717, 1.165) is 0 Å². The maximum atomic E-state index is 12.7. The molecule has 0 heterocycles. The number of sulfonamides is 1. The highest BCUT2D eigenvalue weighted by molar-refractivity contribution is 7.89. The van der Waals surface area contributed by atoms with E-state index in [-0.39, 0.29) is 11.5 Å². The van der Waals surface area contributed by atoms with Crippen molar-refractivity contribution < 1.29 is 27.5 Å². The molecule has 0 aliphatic rings. The van der Waals surface area contributed by atoms with E-state index in [9.17, 15) is 18.0 Å². The number of carbonyl (C=O) groups excluding carboxylic acids is 2. The van der Waals surface area contributed by atoms with Crippen LogP contribution >= 0.6 is 11.6 Å². The Balaban J connectivity index is 1.94. The van der Waals surface area contributed by atoms with Crippen LogP contribution in [-0.2, 0) is 24.3 Å². The summed E-state index contributed by atoms with van der Waals surface area (Å²) in [6.07, 6.45) is 0. The van der Waals surface area contributed by atoms with Gasteiger partial charge in [-0.3, -0.25) is 4.79 Å². The first-order valence-corrected chi connectivity index (χ1v) is 11.4. The third-order valence-electron chi connectivity index (χ3n) is 4.36. The molecule has 168 valence electrons. The summed E-state index contributed by atoms with van der Waals surface area (Å²) in [5.74, 6) is -0.882. The van der Waals surface area contributed by atoms with Gasteiger partial charge in [-0.1, -0.05) is 31.5 Å². The largest absolute Gasteiger partial charge is 0.482 e. The summed E-state index contributed by atoms with van der Waals surface area (Å²) in [5, 5.41) is 3.12. The Kier molecular flexibility index (Phi) is 8.85. The quantitative estimate of drug-likeness (QED) is 0.537. The molecule has 0 aromatic heterocycles. The Morgan fingerprint density at radius 2 is 1.68 bits per heavy atom. The Labute approximate surface area is 187 Å². The Hall–Kier alpha value is -2.62. The van der Waals surface area contributed by atoms with Gasteiger partial charge in [0.05, 0.1) is 4.90 Å². The number of benzene rings is 2. The molecule has 0 unspecified atom stereocenters. The summed E-state index contributed by atoms with van der Waals surface area (Å²) in [4.78, 5) is 24.1. The van der Waals surface area contributed by atoms with E-state index < -0.39 is 28.5 Å². The zero-order chi connectivity index (χ0) is 23.0. The van der Waals surface area contributed by atoms with Crippen LogP contribution in [0.15, 0.2) is 47.4 Å². The summed E-state index contributed by atoms with van der Waals surface area (Å²) in [6, 6.07) is 10.9. The van der Waals surface area contributed by atoms with Crippen LogP contribution in [0.2, 0.25) is 5.02 Å². The molecule has 8 nitrogen and oxygen atoms in total. The fraction of sp³-hybridized carbons (Fsp3) is 0.333. The summed E-state index contributed by atoms with van der Waals surface area (Å²) >= 11 is 5.77. The van der Waals surface area contributed by atoms with E-state index in [1.165, 1.54) is 16.4 Å². The molecular weight excluding hydrogens is 444 g/mol. The molecule has 10 heteroatoms. The summed E-state index contributed by atoms with van der Waals surface area (Å²) in [6.45, 7) is 5.01. The Bertz CT molecular complexity index is 1020. The van der Waals surface area contributed by atoms with Crippen molar-refractivity contribution in [1.29, 1.82) is 0 Å². The lowest BCUT2D eigenvalue weighted by Crippen LogP contribution is -2.30. The summed E-state index contributed by atoms with van der Waals surface area (Å²) in [5.41, 5.74) is 0.996. The molecule has 0 aliphatic carbocycles. The molecule has 0 atom stereocenters. The van der Waals surface area contributed by atoms with Crippen molar-refractivity contribution in [2.75, 3.05) is 31.6 Å². The van der Waals surface area contributed by atoms with E-state index in [1.54, 1.807) is 51.1 Å². The van der Waals surface area contributed by atoms with Gasteiger partial charge in [0.1, 0.15) is 5.75 Å². The second-order valence-corrected chi connectivity index (χ2v) is 8.89. The SMILES string of the molecule is CCN(CC)S(=O)(=O)c1ccc(C)c(NC(=O)COC(=O)COc2ccc(Cl)cc2)c1. The number of aryl methyl sites for hydroxylation is 1. The van der Waals surface area contributed by atoms with E-state index in [0.29, 0.717) is 35.1 Å². The van der Waals surface area contributed by atoms with Gasteiger partial charge in [0.25, 0.3) is 5.91 Å². The van der Waals surface area contributed by atoms with Gasteiger partial charge < -0.3 is 14.8 Å². The van der Waals surface area contributed by atoms with E-state index in [2.05, 4.69) is 5.32 Å². The third kappa shape index (κ3) is 6.95. The molecule has 0 spiro atoms. The third-order valence-corrected chi connectivity index (χ3v) is 6.66. The van der Waals surface area contributed by atoms with Crippen molar-refractivity contribution in [2.24, 2.45) is 0 Å². The molecule has 0 bridgehead atoms. The fourth-order valence-electron chi connectivity index (χ4n) is 2.66. The normalized spacial score (nSPS) is 11.3. The molecule has 0 saturated heterocycles. The van der Waals surface area contributed by atoms with Gasteiger partial charge in [-0.25, -0.2) is 13.2 Å². The number of nitrogens with zero attached hydrogens (tertiary/aromatic N) is 1. The first kappa shape index (κ1) is 24.6. The van der Waals surface area contributed by atoms with Gasteiger partial charge in [0.2, 0.25) is 10.0 Å². The zero-order valence-corrected chi connectivity index (χ0v) is 19.1. The number of carbonyl (C=O) groups is 2. The van der Waals surface area contributed by atoms with Crippen molar-refractivity contribution in [1.82, 2.24) is 4.31 Å². The molecular formula is C21H25ClN2O6S. The zero-order valence-electron chi connectivity index (χ0n) is 17.6. The van der Waals surface area contributed by atoms with Crippen LogP contribution in [-0.4, -0.2) is 50.9 Å². The van der Waals surface area contributed by atoms with Crippen LogP contribution in [0, 0.1) is 6.92 Å². The van der Waals surface area contributed by atoms with Crippen molar-refractivity contribution in [3.63, 3.8) is 0 Å². The molecule has 2 aromatic carbocycles. The highest BCUT2D eigenvalue weighted by atomic mass is 35.5. The minimum atomic E-state index is -3.67. The lowest BCUT2D eigenvalue weighted by molar-refractivity contribution is -0.149. The Morgan fingerprint density at radius 3 is 2.29 bits per heavy atom. The average molecular weight is 469 g/mol. The van der Waals surface area contributed by atoms with Crippen LogP contribution in [0.3, 0.4) is 0 Å². The van der Waals surface area contributed by atoms with Crippen molar-refractivity contribution in [3.8, 4) is 5.75 Å². The maximum Gasteiger partial charge on any atom is 0.344 e. The van der Waals surface area contributed by atoms with Gasteiger partial charge in [-0.15, -0.1) is 0 Å². The van der Waals surface area contributed by atoms with Gasteiger partial charge in [-0.05, 0) is 48.9 Å². The molecule has 0 fully saturated rings. The first-order valence-electron chi connectivity index (χ1n) is 9.62. The molecule has 1 amide bonds. The van der Waals surface area contributed by atoms with Gasteiger partial charge in [-0.2, -0.15) is 4.31 Å². The highest BCUT2D eigenvalue weighted by Gasteiger charge is 2.22. The standard InChI is InChI=1S/C21H25ClN2O6S/c1-4-24(5-2)31(27,28)18-11-6-15(3)19(12-18)23-20(25)13-30-21(26)14-29-17-9-7-16(22)8-10-17/h6-12H,4-5,13-14H2,1-3H3,(H,23,25). The predicted octanol–water partition coefficient (Wildman–Crippen LogP) is 3.24. The number of esters is 1. The number of anilines is 1. The second-order valence-electron chi connectivity index (χ2n) is 6.52. The van der Waals surface area contributed by atoms with E-state index in [4.69, 9.17) is 21.1 Å². The second kappa shape index (κ2) is 11.1. The number of ether oxygens (including phenoxy) is 2. The molecule has 2 aromatic rings. The summed E-state index contributed by atoms with van der Waals surface area (Å²) in [7, 11) is -3.67. The number of halogens is 1. The Morgan fingerprint density at radius 1 is 1.03 bits per heavy atom. The lowest BCUT2D eigenvalue weighted by atomic mass is 10.2. The van der Waals surface area contributed by atoms with Crippen LogP contribution in [0.5, 0.6) is 5.75 Å². The van der Waals surface area contributed by atoms with E-state index >= 15 is 0 Å². The fourth-order valence-corrected chi connectivity index (χ4v) is 4.27. The average Bonchev–Trinajstić information content (AvgIpc) is 2.74. The van der Waals surface area contributed by atoms with Crippen molar-refractivity contribution >= 4 is 39.2 Å². The molecule has 2 rings (SSSR count). The number of nitrogens with one attached hydrogen (secondary N) is 1.